The number of ether oxygens (including phenoxy) is 1. The predicted octanol–water partition coefficient (Wildman–Crippen LogP) is 2.14. The summed E-state index contributed by atoms with van der Waals surface area (Å²) < 4.78 is 5.39. The predicted molar refractivity (Wildman–Crippen MR) is 85.7 cm³/mol. The van der Waals surface area contributed by atoms with Crippen LogP contribution in [0.15, 0.2) is 24.3 Å². The van der Waals surface area contributed by atoms with Gasteiger partial charge in [0.2, 0.25) is 0 Å². The summed E-state index contributed by atoms with van der Waals surface area (Å²) in [5, 5.41) is 15.3. The molecule has 0 aromatic heterocycles. The lowest BCUT2D eigenvalue weighted by Crippen LogP contribution is -2.41. The first-order chi connectivity index (χ1) is 10.5. The zero-order chi connectivity index (χ0) is 15.9. The van der Waals surface area contributed by atoms with E-state index in [1.54, 1.807) is 0 Å². The molecule has 22 heavy (non-hydrogen) atoms. The number of hydrogen-bond donors (Lipinski definition) is 3. The molecule has 1 saturated carbocycles. The molecule has 1 aromatic rings. The van der Waals surface area contributed by atoms with E-state index in [9.17, 15) is 9.90 Å². The summed E-state index contributed by atoms with van der Waals surface area (Å²) in [6.07, 6.45) is 1.79. The summed E-state index contributed by atoms with van der Waals surface area (Å²) in [4.78, 5) is 11.8. The SMILES string of the molecule is Cc1ccc(C(C)NC(=O)NCC(O)COCC2CC2)cc1. The van der Waals surface area contributed by atoms with Gasteiger partial charge in [0, 0.05) is 13.2 Å². The number of aliphatic hydroxyl groups excluding tert-OH is 1. The summed E-state index contributed by atoms with van der Waals surface area (Å²) in [6, 6.07) is 7.68. The average Bonchev–Trinajstić information content (AvgIpc) is 3.30. The molecule has 0 bridgehead atoms. The first-order valence-corrected chi connectivity index (χ1v) is 7.91. The molecule has 5 nitrogen and oxygen atoms in total. The van der Waals surface area contributed by atoms with Crippen LogP contribution in [0.2, 0.25) is 0 Å². The van der Waals surface area contributed by atoms with E-state index in [4.69, 9.17) is 4.74 Å². The number of nitrogens with one attached hydrogen (secondary N) is 2. The molecule has 2 amide bonds. The van der Waals surface area contributed by atoms with E-state index < -0.39 is 6.10 Å². The lowest BCUT2D eigenvalue weighted by atomic mass is 10.1. The minimum Gasteiger partial charge on any atom is -0.389 e. The van der Waals surface area contributed by atoms with Crippen molar-refractivity contribution in [1.82, 2.24) is 10.6 Å². The number of urea groups is 1. The van der Waals surface area contributed by atoms with Gasteiger partial charge in [-0.1, -0.05) is 29.8 Å². The first kappa shape index (κ1) is 16.8. The molecule has 0 aliphatic heterocycles. The minimum absolute atomic E-state index is 0.0798. The highest BCUT2D eigenvalue weighted by Crippen LogP contribution is 2.28. The van der Waals surface area contributed by atoms with E-state index in [0.29, 0.717) is 12.5 Å². The summed E-state index contributed by atoms with van der Waals surface area (Å²) >= 11 is 0. The van der Waals surface area contributed by atoms with Crippen molar-refractivity contribution in [1.29, 1.82) is 0 Å². The lowest BCUT2D eigenvalue weighted by molar-refractivity contribution is 0.0337. The summed E-state index contributed by atoms with van der Waals surface area (Å²) in [5.74, 6) is 0.679. The second-order valence-electron chi connectivity index (χ2n) is 6.12. The van der Waals surface area contributed by atoms with E-state index in [1.165, 1.54) is 18.4 Å². The van der Waals surface area contributed by atoms with Crippen molar-refractivity contribution in [3.05, 3.63) is 35.4 Å². The Bertz CT molecular complexity index is 471. The number of amides is 2. The molecule has 2 atom stereocenters. The lowest BCUT2D eigenvalue weighted by Gasteiger charge is -2.17. The molecule has 122 valence electrons. The van der Waals surface area contributed by atoms with Gasteiger partial charge in [0.15, 0.2) is 0 Å². The van der Waals surface area contributed by atoms with Gasteiger partial charge in [-0.15, -0.1) is 0 Å². The number of rotatable bonds is 8. The zero-order valence-corrected chi connectivity index (χ0v) is 13.3. The van der Waals surface area contributed by atoms with Crippen LogP contribution < -0.4 is 10.6 Å². The fourth-order valence-electron chi connectivity index (χ4n) is 2.11. The zero-order valence-electron chi connectivity index (χ0n) is 13.3. The highest BCUT2D eigenvalue weighted by atomic mass is 16.5. The molecule has 1 aliphatic carbocycles. The maximum absolute atomic E-state index is 11.8. The minimum atomic E-state index is -0.667. The van der Waals surface area contributed by atoms with Gasteiger partial charge in [-0.3, -0.25) is 0 Å². The fraction of sp³-hybridized carbons (Fsp3) is 0.588. The highest BCUT2D eigenvalue weighted by molar-refractivity contribution is 5.74. The molecule has 3 N–H and O–H groups in total. The van der Waals surface area contributed by atoms with Crippen molar-refractivity contribution in [2.75, 3.05) is 19.8 Å². The topological polar surface area (TPSA) is 70.6 Å². The van der Waals surface area contributed by atoms with Gasteiger partial charge in [0.25, 0.3) is 0 Å². The van der Waals surface area contributed by atoms with Crippen molar-refractivity contribution >= 4 is 6.03 Å². The van der Waals surface area contributed by atoms with Gasteiger partial charge in [-0.05, 0) is 38.2 Å². The van der Waals surface area contributed by atoms with Crippen molar-refractivity contribution in [2.45, 2.75) is 38.8 Å². The van der Waals surface area contributed by atoms with E-state index in [0.717, 1.165) is 5.56 Å². The Morgan fingerprint density at radius 3 is 2.68 bits per heavy atom. The maximum atomic E-state index is 11.8. The molecular formula is C17H26N2O3. The Morgan fingerprint density at radius 2 is 2.05 bits per heavy atom. The molecule has 1 aromatic carbocycles. The molecule has 2 unspecified atom stereocenters. The monoisotopic (exact) mass is 306 g/mol. The van der Waals surface area contributed by atoms with Gasteiger partial charge >= 0.3 is 6.03 Å². The molecule has 1 fully saturated rings. The number of hydrogen-bond acceptors (Lipinski definition) is 3. The third kappa shape index (κ3) is 6.03. The van der Waals surface area contributed by atoms with E-state index in [1.807, 2.05) is 38.1 Å². The Morgan fingerprint density at radius 1 is 1.36 bits per heavy atom. The second-order valence-corrected chi connectivity index (χ2v) is 6.12. The number of carbonyl (C=O) groups is 1. The van der Waals surface area contributed by atoms with Crippen molar-refractivity contribution < 1.29 is 14.6 Å². The summed E-state index contributed by atoms with van der Waals surface area (Å²) in [6.45, 7) is 5.13. The van der Waals surface area contributed by atoms with Gasteiger partial charge in [-0.2, -0.15) is 0 Å². The van der Waals surface area contributed by atoms with Crippen LogP contribution in [0.25, 0.3) is 0 Å². The van der Waals surface area contributed by atoms with Crippen LogP contribution in [0.1, 0.15) is 36.9 Å². The number of benzene rings is 1. The molecule has 2 rings (SSSR count). The van der Waals surface area contributed by atoms with Crippen LogP contribution >= 0.6 is 0 Å². The second kappa shape index (κ2) is 8.15. The maximum Gasteiger partial charge on any atom is 0.315 e. The van der Waals surface area contributed by atoms with Gasteiger partial charge < -0.3 is 20.5 Å². The summed E-state index contributed by atoms with van der Waals surface area (Å²) in [7, 11) is 0. The number of carbonyl (C=O) groups excluding carboxylic acids is 1. The largest absolute Gasteiger partial charge is 0.389 e. The Kier molecular flexibility index (Phi) is 6.21. The fourth-order valence-corrected chi connectivity index (χ4v) is 2.11. The standard InChI is InChI=1S/C17H26N2O3/c1-12-3-7-15(8-4-12)13(2)19-17(21)18-9-16(20)11-22-10-14-5-6-14/h3-4,7-8,13-14,16,20H,5-6,9-11H2,1-2H3,(H2,18,19,21). The highest BCUT2D eigenvalue weighted by Gasteiger charge is 2.21. The normalized spacial score (nSPS) is 16.9. The average molecular weight is 306 g/mol. The Hall–Kier alpha value is -1.59. The smallest absolute Gasteiger partial charge is 0.315 e. The van der Waals surface area contributed by atoms with E-state index in [2.05, 4.69) is 10.6 Å². The van der Waals surface area contributed by atoms with Gasteiger partial charge in [-0.25, -0.2) is 4.79 Å². The molecule has 0 heterocycles. The van der Waals surface area contributed by atoms with Crippen LogP contribution in [0.5, 0.6) is 0 Å². The number of aryl methyl sites for hydroxylation is 1. The molecule has 0 saturated heterocycles. The molecule has 0 radical (unpaired) electrons. The molecule has 0 spiro atoms. The number of aliphatic hydroxyl groups is 1. The first-order valence-electron chi connectivity index (χ1n) is 7.91. The van der Waals surface area contributed by atoms with Crippen molar-refractivity contribution in [3.63, 3.8) is 0 Å². The van der Waals surface area contributed by atoms with Gasteiger partial charge in [0.05, 0.1) is 18.8 Å². The van der Waals surface area contributed by atoms with Crippen LogP contribution in [0.3, 0.4) is 0 Å². The van der Waals surface area contributed by atoms with Crippen LogP contribution in [-0.4, -0.2) is 37.0 Å². The van der Waals surface area contributed by atoms with E-state index in [-0.39, 0.29) is 25.2 Å². The summed E-state index contributed by atoms with van der Waals surface area (Å²) in [5.41, 5.74) is 2.24. The molecular weight excluding hydrogens is 280 g/mol. The van der Waals surface area contributed by atoms with E-state index >= 15 is 0 Å². The third-order valence-corrected chi connectivity index (χ3v) is 3.78. The third-order valence-electron chi connectivity index (χ3n) is 3.78. The van der Waals surface area contributed by atoms with Crippen LogP contribution in [-0.2, 0) is 4.74 Å². The Balaban J connectivity index is 1.62. The van der Waals surface area contributed by atoms with Crippen LogP contribution in [0.4, 0.5) is 4.79 Å². The molecule has 1 aliphatic rings. The van der Waals surface area contributed by atoms with Gasteiger partial charge in [0.1, 0.15) is 0 Å². The molecule has 5 heteroatoms. The quantitative estimate of drug-likeness (QED) is 0.689. The Labute approximate surface area is 132 Å². The van der Waals surface area contributed by atoms with Crippen LogP contribution in [0, 0.1) is 12.8 Å². The van der Waals surface area contributed by atoms with Crippen molar-refractivity contribution in [3.8, 4) is 0 Å². The van der Waals surface area contributed by atoms with Crippen molar-refractivity contribution in [2.24, 2.45) is 5.92 Å².